The Kier molecular flexibility index (Phi) is 4.12. The summed E-state index contributed by atoms with van der Waals surface area (Å²) in [7, 11) is 3.37. The third-order valence-electron chi connectivity index (χ3n) is 2.16. The van der Waals surface area contributed by atoms with Crippen molar-refractivity contribution in [2.45, 2.75) is 6.42 Å². The highest BCUT2D eigenvalue weighted by Crippen LogP contribution is 2.20. The zero-order valence-electron chi connectivity index (χ0n) is 9.04. The monoisotopic (exact) mass is 208 g/mol. The number of hydrogen-bond donors (Lipinski definition) is 2. The zero-order valence-corrected chi connectivity index (χ0v) is 9.04. The van der Waals surface area contributed by atoms with E-state index in [2.05, 4.69) is 5.32 Å². The molecule has 0 amide bonds. The molecule has 4 nitrogen and oxygen atoms in total. The molecule has 1 aromatic rings. The lowest BCUT2D eigenvalue weighted by Crippen LogP contribution is -2.14. The fourth-order valence-electron chi connectivity index (χ4n) is 1.28. The maximum atomic E-state index is 11.7. The van der Waals surface area contributed by atoms with E-state index in [1.54, 1.807) is 25.3 Å². The third kappa shape index (κ3) is 2.95. The first-order valence-electron chi connectivity index (χ1n) is 4.80. The quantitative estimate of drug-likeness (QED) is 0.561. The van der Waals surface area contributed by atoms with E-state index in [0.717, 1.165) is 0 Å². The van der Waals surface area contributed by atoms with E-state index in [1.807, 2.05) is 7.05 Å². The van der Waals surface area contributed by atoms with Gasteiger partial charge in [0.2, 0.25) is 0 Å². The fraction of sp³-hybridized carbons (Fsp3) is 0.364. The number of ether oxygens (including phenoxy) is 1. The number of methoxy groups -OCH3 is 1. The van der Waals surface area contributed by atoms with Gasteiger partial charge in [-0.25, -0.2) is 0 Å². The second-order valence-corrected chi connectivity index (χ2v) is 3.23. The number of nitrogens with one attached hydrogen (secondary N) is 1. The minimum absolute atomic E-state index is 0.0285. The summed E-state index contributed by atoms with van der Waals surface area (Å²) in [6.07, 6.45) is 0.438. The van der Waals surface area contributed by atoms with E-state index in [-0.39, 0.29) is 5.78 Å². The summed E-state index contributed by atoms with van der Waals surface area (Å²) in [4.78, 5) is 11.7. The zero-order chi connectivity index (χ0) is 11.3. The van der Waals surface area contributed by atoms with Gasteiger partial charge in [-0.05, 0) is 25.2 Å². The average Bonchev–Trinajstić information content (AvgIpc) is 2.26. The summed E-state index contributed by atoms with van der Waals surface area (Å²) in [5, 5.41) is 2.92. The highest BCUT2D eigenvalue weighted by atomic mass is 16.5. The predicted octanol–water partition coefficient (Wildman–Crippen LogP) is 1.07. The highest BCUT2D eigenvalue weighted by Gasteiger charge is 2.10. The first-order chi connectivity index (χ1) is 7.19. The van der Waals surface area contributed by atoms with E-state index in [9.17, 15) is 4.79 Å². The van der Waals surface area contributed by atoms with Crippen LogP contribution in [-0.4, -0.2) is 26.5 Å². The molecule has 0 aliphatic carbocycles. The van der Waals surface area contributed by atoms with Gasteiger partial charge < -0.3 is 15.8 Å². The van der Waals surface area contributed by atoms with Crippen LogP contribution in [0.4, 0.5) is 5.69 Å². The summed E-state index contributed by atoms with van der Waals surface area (Å²) in [6, 6.07) is 5.10. The van der Waals surface area contributed by atoms with E-state index in [0.29, 0.717) is 30.0 Å². The number of Topliss-reactive ketones (excluding diaryl/α,β-unsaturated/α-hetero) is 1. The molecule has 0 aliphatic heterocycles. The molecule has 15 heavy (non-hydrogen) atoms. The van der Waals surface area contributed by atoms with Crippen LogP contribution in [0.3, 0.4) is 0 Å². The van der Waals surface area contributed by atoms with Gasteiger partial charge in [0.05, 0.1) is 7.11 Å². The Morgan fingerprint density at radius 1 is 1.53 bits per heavy atom. The minimum Gasteiger partial charge on any atom is -0.497 e. The molecule has 0 saturated heterocycles. The number of benzene rings is 1. The van der Waals surface area contributed by atoms with Crippen LogP contribution in [0, 0.1) is 0 Å². The van der Waals surface area contributed by atoms with Crippen LogP contribution in [0.25, 0.3) is 0 Å². The van der Waals surface area contributed by atoms with Crippen molar-refractivity contribution in [2.75, 3.05) is 26.4 Å². The first kappa shape index (κ1) is 11.5. The molecule has 1 aromatic carbocycles. The summed E-state index contributed by atoms with van der Waals surface area (Å²) in [5.41, 5.74) is 6.75. The number of rotatable bonds is 5. The van der Waals surface area contributed by atoms with Gasteiger partial charge >= 0.3 is 0 Å². The van der Waals surface area contributed by atoms with Crippen LogP contribution < -0.4 is 15.8 Å². The Bertz CT molecular complexity index is 350. The summed E-state index contributed by atoms with van der Waals surface area (Å²) in [5.74, 6) is 0.678. The van der Waals surface area contributed by atoms with Gasteiger partial charge in [0.25, 0.3) is 0 Å². The number of carbonyl (C=O) groups excluding carboxylic acids is 1. The van der Waals surface area contributed by atoms with Crippen molar-refractivity contribution >= 4 is 11.5 Å². The summed E-state index contributed by atoms with van der Waals surface area (Å²) >= 11 is 0. The molecule has 0 aliphatic rings. The van der Waals surface area contributed by atoms with Gasteiger partial charge in [-0.15, -0.1) is 0 Å². The van der Waals surface area contributed by atoms with Crippen molar-refractivity contribution in [3.8, 4) is 5.75 Å². The smallest absolute Gasteiger partial charge is 0.166 e. The van der Waals surface area contributed by atoms with Gasteiger partial charge in [-0.1, -0.05) is 0 Å². The average molecular weight is 208 g/mol. The SMILES string of the molecule is CNCCC(=O)c1cc(OC)ccc1N. The lowest BCUT2D eigenvalue weighted by Gasteiger charge is -2.07. The topological polar surface area (TPSA) is 64.3 Å². The molecule has 0 radical (unpaired) electrons. The molecule has 0 atom stereocenters. The molecule has 1 rings (SSSR count). The third-order valence-corrected chi connectivity index (χ3v) is 2.16. The van der Waals surface area contributed by atoms with Crippen molar-refractivity contribution in [2.24, 2.45) is 0 Å². The van der Waals surface area contributed by atoms with Crippen molar-refractivity contribution in [3.63, 3.8) is 0 Å². The van der Waals surface area contributed by atoms with Crippen LogP contribution in [0.1, 0.15) is 16.8 Å². The van der Waals surface area contributed by atoms with E-state index >= 15 is 0 Å². The molecular formula is C11H16N2O2. The Hall–Kier alpha value is -1.55. The lowest BCUT2D eigenvalue weighted by molar-refractivity contribution is 0.0984. The van der Waals surface area contributed by atoms with Crippen molar-refractivity contribution in [1.29, 1.82) is 0 Å². The first-order valence-corrected chi connectivity index (χ1v) is 4.80. The van der Waals surface area contributed by atoms with Gasteiger partial charge in [0, 0.05) is 24.2 Å². The second kappa shape index (κ2) is 5.36. The molecular weight excluding hydrogens is 192 g/mol. The fourth-order valence-corrected chi connectivity index (χ4v) is 1.28. The summed E-state index contributed by atoms with van der Waals surface area (Å²) < 4.78 is 5.04. The number of carbonyl (C=O) groups is 1. The van der Waals surface area contributed by atoms with E-state index in [1.165, 1.54) is 0 Å². The number of nitrogens with two attached hydrogens (primary N) is 1. The van der Waals surface area contributed by atoms with Crippen LogP contribution in [0.15, 0.2) is 18.2 Å². The number of anilines is 1. The molecule has 3 N–H and O–H groups in total. The number of ketones is 1. The maximum Gasteiger partial charge on any atom is 0.166 e. The molecule has 0 unspecified atom stereocenters. The Labute approximate surface area is 89.4 Å². The van der Waals surface area contributed by atoms with Crippen LogP contribution >= 0.6 is 0 Å². The highest BCUT2D eigenvalue weighted by molar-refractivity contribution is 6.01. The number of nitrogen functional groups attached to an aromatic ring is 1. The van der Waals surface area contributed by atoms with Crippen LogP contribution in [-0.2, 0) is 0 Å². The van der Waals surface area contributed by atoms with Crippen LogP contribution in [0.5, 0.6) is 5.75 Å². The number of hydrogen-bond acceptors (Lipinski definition) is 4. The largest absolute Gasteiger partial charge is 0.497 e. The standard InChI is InChI=1S/C11H16N2O2/c1-13-6-5-11(14)9-7-8(15-2)3-4-10(9)12/h3-4,7,13H,5-6,12H2,1-2H3. The molecule has 82 valence electrons. The minimum atomic E-state index is 0.0285. The molecule has 0 aromatic heterocycles. The van der Waals surface area contributed by atoms with Crippen LogP contribution in [0.2, 0.25) is 0 Å². The van der Waals surface area contributed by atoms with Crippen molar-refractivity contribution in [1.82, 2.24) is 5.32 Å². The van der Waals surface area contributed by atoms with Crippen molar-refractivity contribution < 1.29 is 9.53 Å². The summed E-state index contributed by atoms with van der Waals surface area (Å²) in [6.45, 7) is 0.648. The maximum absolute atomic E-state index is 11.7. The van der Waals surface area contributed by atoms with Crippen molar-refractivity contribution in [3.05, 3.63) is 23.8 Å². The Morgan fingerprint density at radius 2 is 2.27 bits per heavy atom. The van der Waals surface area contributed by atoms with E-state index < -0.39 is 0 Å². The Morgan fingerprint density at radius 3 is 2.87 bits per heavy atom. The molecule has 0 fully saturated rings. The van der Waals surface area contributed by atoms with Gasteiger partial charge in [-0.2, -0.15) is 0 Å². The predicted molar refractivity (Wildman–Crippen MR) is 60.3 cm³/mol. The molecule has 4 heteroatoms. The lowest BCUT2D eigenvalue weighted by atomic mass is 10.1. The van der Waals surface area contributed by atoms with Gasteiger partial charge in [-0.3, -0.25) is 4.79 Å². The second-order valence-electron chi connectivity index (χ2n) is 3.23. The molecule has 0 spiro atoms. The molecule has 0 heterocycles. The van der Waals surface area contributed by atoms with Gasteiger partial charge in [0.15, 0.2) is 5.78 Å². The Balaban J connectivity index is 2.86. The van der Waals surface area contributed by atoms with E-state index in [4.69, 9.17) is 10.5 Å². The molecule has 0 saturated carbocycles. The molecule has 0 bridgehead atoms. The van der Waals surface area contributed by atoms with Gasteiger partial charge in [0.1, 0.15) is 5.75 Å². The normalized spacial score (nSPS) is 10.0.